The molecule has 0 aromatic heterocycles. The van der Waals surface area contributed by atoms with Gasteiger partial charge >= 0.3 is 0 Å². The summed E-state index contributed by atoms with van der Waals surface area (Å²) in [5.74, 6) is 0.634. The molecule has 0 spiro atoms. The molecule has 0 saturated heterocycles. The summed E-state index contributed by atoms with van der Waals surface area (Å²) < 4.78 is 0.544. The van der Waals surface area contributed by atoms with Crippen molar-refractivity contribution >= 4 is 11.8 Å². The van der Waals surface area contributed by atoms with Gasteiger partial charge in [0.25, 0.3) is 0 Å². The highest BCUT2D eigenvalue weighted by atomic mass is 32.2. The van der Waals surface area contributed by atoms with Crippen molar-refractivity contribution in [2.45, 2.75) is 37.5 Å². The maximum atomic E-state index is 3.77. The molecule has 0 amide bonds. The summed E-state index contributed by atoms with van der Waals surface area (Å²) in [6.45, 7) is 5.73. The number of benzene rings is 1. The van der Waals surface area contributed by atoms with Gasteiger partial charge in [-0.25, -0.2) is 0 Å². The van der Waals surface area contributed by atoms with Crippen molar-refractivity contribution in [1.82, 2.24) is 5.32 Å². The number of rotatable bonds is 6. The van der Waals surface area contributed by atoms with Crippen LogP contribution in [0.4, 0.5) is 0 Å². The van der Waals surface area contributed by atoms with Crippen LogP contribution in [0, 0.1) is 5.92 Å². The number of thioether (sulfide) groups is 1. The van der Waals surface area contributed by atoms with Gasteiger partial charge in [-0.05, 0) is 30.6 Å². The van der Waals surface area contributed by atoms with Crippen molar-refractivity contribution in [3.05, 3.63) is 35.9 Å². The Hall–Kier alpha value is -0.470. The van der Waals surface area contributed by atoms with Crippen LogP contribution in [0.2, 0.25) is 0 Å². The van der Waals surface area contributed by atoms with Crippen molar-refractivity contribution in [3.63, 3.8) is 0 Å². The Morgan fingerprint density at radius 2 is 1.88 bits per heavy atom. The van der Waals surface area contributed by atoms with Gasteiger partial charge < -0.3 is 5.32 Å². The van der Waals surface area contributed by atoms with Gasteiger partial charge in [0, 0.05) is 17.3 Å². The Morgan fingerprint density at radius 3 is 2.35 bits per heavy atom. The van der Waals surface area contributed by atoms with Crippen molar-refractivity contribution in [1.29, 1.82) is 0 Å². The third kappa shape index (κ3) is 3.26. The van der Waals surface area contributed by atoms with Gasteiger partial charge in [-0.1, -0.05) is 44.2 Å². The molecule has 1 aliphatic rings. The summed E-state index contributed by atoms with van der Waals surface area (Å²) in [5.41, 5.74) is 1.42. The lowest BCUT2D eigenvalue weighted by atomic mass is 9.96. The van der Waals surface area contributed by atoms with E-state index in [1.807, 2.05) is 11.8 Å². The number of hydrogen-bond acceptors (Lipinski definition) is 2. The van der Waals surface area contributed by atoms with Crippen molar-refractivity contribution in [2.24, 2.45) is 5.92 Å². The molecule has 1 unspecified atom stereocenters. The standard InChI is InChI=1S/C15H23NS/c1-12(2)14(13-7-5-4-6-8-13)16-11-15(17-3)9-10-15/h4-8,12,14,16H,9-11H2,1-3H3. The molecule has 1 aliphatic carbocycles. The lowest BCUT2D eigenvalue weighted by Gasteiger charge is -2.25. The highest BCUT2D eigenvalue weighted by Crippen LogP contribution is 2.46. The predicted octanol–water partition coefficient (Wildman–Crippen LogP) is 3.87. The zero-order chi connectivity index (χ0) is 12.3. The lowest BCUT2D eigenvalue weighted by molar-refractivity contribution is 0.410. The Bertz CT molecular complexity index is 343. The number of nitrogens with one attached hydrogen (secondary N) is 1. The van der Waals surface area contributed by atoms with E-state index >= 15 is 0 Å². The first-order valence-corrected chi connectivity index (χ1v) is 7.73. The molecule has 1 atom stereocenters. The molecule has 17 heavy (non-hydrogen) atoms. The Kier molecular flexibility index (Phi) is 4.16. The minimum atomic E-state index is 0.487. The highest BCUT2D eigenvalue weighted by Gasteiger charge is 2.41. The molecule has 1 aromatic rings. The molecular weight excluding hydrogens is 226 g/mol. The van der Waals surface area contributed by atoms with Gasteiger partial charge in [0.1, 0.15) is 0 Å². The minimum absolute atomic E-state index is 0.487. The fourth-order valence-electron chi connectivity index (χ4n) is 2.29. The Labute approximate surface area is 109 Å². The molecule has 0 heterocycles. The van der Waals surface area contributed by atoms with E-state index in [1.54, 1.807) is 0 Å². The van der Waals surface area contributed by atoms with Gasteiger partial charge in [0.05, 0.1) is 0 Å². The second-order valence-corrected chi connectivity index (χ2v) is 6.67. The Balaban J connectivity index is 1.99. The molecule has 0 aliphatic heterocycles. The van der Waals surface area contributed by atoms with Gasteiger partial charge in [0.2, 0.25) is 0 Å². The topological polar surface area (TPSA) is 12.0 Å². The first-order chi connectivity index (χ1) is 8.17. The second-order valence-electron chi connectivity index (χ2n) is 5.40. The Morgan fingerprint density at radius 1 is 1.24 bits per heavy atom. The van der Waals surface area contributed by atoms with Gasteiger partial charge in [-0.15, -0.1) is 0 Å². The van der Waals surface area contributed by atoms with E-state index in [-0.39, 0.29) is 0 Å². The molecule has 1 saturated carbocycles. The first-order valence-electron chi connectivity index (χ1n) is 6.50. The second kappa shape index (κ2) is 5.45. The van der Waals surface area contributed by atoms with E-state index in [1.165, 1.54) is 18.4 Å². The quantitative estimate of drug-likeness (QED) is 0.821. The largest absolute Gasteiger partial charge is 0.308 e. The van der Waals surface area contributed by atoms with E-state index in [2.05, 4.69) is 55.8 Å². The van der Waals surface area contributed by atoms with Crippen LogP contribution < -0.4 is 5.32 Å². The molecule has 1 aromatic carbocycles. The zero-order valence-electron chi connectivity index (χ0n) is 11.1. The molecule has 0 radical (unpaired) electrons. The maximum absolute atomic E-state index is 3.77. The third-order valence-corrected chi connectivity index (χ3v) is 5.13. The summed E-state index contributed by atoms with van der Waals surface area (Å²) in [7, 11) is 0. The van der Waals surface area contributed by atoms with Gasteiger partial charge in [0.15, 0.2) is 0 Å². The molecule has 2 heteroatoms. The third-order valence-electron chi connectivity index (χ3n) is 3.71. The summed E-state index contributed by atoms with van der Waals surface area (Å²) in [5, 5.41) is 3.77. The summed E-state index contributed by atoms with van der Waals surface area (Å²) in [4.78, 5) is 0. The van der Waals surface area contributed by atoms with Crippen LogP contribution in [-0.2, 0) is 0 Å². The average Bonchev–Trinajstić information content (AvgIpc) is 3.11. The molecule has 2 rings (SSSR count). The molecule has 1 fully saturated rings. The summed E-state index contributed by atoms with van der Waals surface area (Å²) >= 11 is 2.02. The van der Waals surface area contributed by atoms with Crippen molar-refractivity contribution in [2.75, 3.05) is 12.8 Å². The summed E-state index contributed by atoms with van der Waals surface area (Å²) in [6, 6.07) is 11.3. The van der Waals surface area contributed by atoms with E-state index in [9.17, 15) is 0 Å². The lowest BCUT2D eigenvalue weighted by Crippen LogP contribution is -2.32. The predicted molar refractivity (Wildman–Crippen MR) is 77.5 cm³/mol. The van der Waals surface area contributed by atoms with Crippen LogP contribution >= 0.6 is 11.8 Å². The fourth-order valence-corrected chi connectivity index (χ4v) is 3.03. The molecule has 1 N–H and O–H groups in total. The van der Waals surface area contributed by atoms with Crippen molar-refractivity contribution in [3.8, 4) is 0 Å². The molecular formula is C15H23NS. The van der Waals surface area contributed by atoms with E-state index in [4.69, 9.17) is 0 Å². The maximum Gasteiger partial charge on any atom is 0.0343 e. The average molecular weight is 249 g/mol. The van der Waals surface area contributed by atoms with Gasteiger partial charge in [-0.2, -0.15) is 11.8 Å². The van der Waals surface area contributed by atoms with Crippen LogP contribution in [0.3, 0.4) is 0 Å². The summed E-state index contributed by atoms with van der Waals surface area (Å²) in [6.07, 6.45) is 4.99. The number of hydrogen-bond donors (Lipinski definition) is 1. The van der Waals surface area contributed by atoms with Gasteiger partial charge in [-0.3, -0.25) is 0 Å². The van der Waals surface area contributed by atoms with Crippen LogP contribution in [0.25, 0.3) is 0 Å². The van der Waals surface area contributed by atoms with E-state index in [0.717, 1.165) is 6.54 Å². The van der Waals surface area contributed by atoms with Crippen LogP contribution in [-0.4, -0.2) is 17.5 Å². The van der Waals surface area contributed by atoms with E-state index in [0.29, 0.717) is 16.7 Å². The van der Waals surface area contributed by atoms with Crippen molar-refractivity contribution < 1.29 is 0 Å². The fraction of sp³-hybridized carbons (Fsp3) is 0.600. The monoisotopic (exact) mass is 249 g/mol. The van der Waals surface area contributed by atoms with Crippen LogP contribution in [0.1, 0.15) is 38.3 Å². The van der Waals surface area contributed by atoms with Crippen LogP contribution in [0.5, 0.6) is 0 Å². The SMILES string of the molecule is CSC1(CNC(c2ccccc2)C(C)C)CC1. The molecule has 94 valence electrons. The van der Waals surface area contributed by atoms with E-state index < -0.39 is 0 Å². The highest BCUT2D eigenvalue weighted by molar-refractivity contribution is 8.00. The smallest absolute Gasteiger partial charge is 0.0343 e. The zero-order valence-corrected chi connectivity index (χ0v) is 11.9. The minimum Gasteiger partial charge on any atom is -0.308 e. The molecule has 0 bridgehead atoms. The normalized spacial score (nSPS) is 19.3. The molecule has 1 nitrogen and oxygen atoms in total. The van der Waals surface area contributed by atoms with Crippen LogP contribution in [0.15, 0.2) is 30.3 Å². The first kappa shape index (κ1) is 13.0.